The van der Waals surface area contributed by atoms with Crippen LogP contribution in [0.25, 0.3) is 22.3 Å². The molecule has 156 valence electrons. The topological polar surface area (TPSA) is 0 Å². The van der Waals surface area contributed by atoms with Crippen molar-refractivity contribution in [3.05, 3.63) is 83.7 Å². The number of halogens is 1. The Morgan fingerprint density at radius 2 is 1.47 bits per heavy atom. The van der Waals surface area contributed by atoms with Gasteiger partial charge in [-0.2, -0.15) is 0 Å². The van der Waals surface area contributed by atoms with Gasteiger partial charge < -0.3 is 0 Å². The molecule has 1 heteroatoms. The molecule has 0 aliphatic heterocycles. The number of hydrogen-bond acceptors (Lipinski definition) is 0. The maximum Gasteiger partial charge on any atom is 0.135 e. The van der Waals surface area contributed by atoms with Crippen molar-refractivity contribution < 1.29 is 4.39 Å². The van der Waals surface area contributed by atoms with Crippen molar-refractivity contribution in [1.29, 1.82) is 0 Å². The summed E-state index contributed by atoms with van der Waals surface area (Å²) in [5.41, 5.74) is 6.00. The van der Waals surface area contributed by atoms with Gasteiger partial charge in [-0.15, -0.1) is 0 Å². The van der Waals surface area contributed by atoms with Crippen LogP contribution in [0, 0.1) is 11.7 Å². The molecule has 0 heterocycles. The maximum atomic E-state index is 16.1. The Morgan fingerprint density at radius 1 is 0.767 bits per heavy atom. The zero-order valence-electron chi connectivity index (χ0n) is 18.3. The Balaban J connectivity index is 1.75. The van der Waals surface area contributed by atoms with Crippen LogP contribution >= 0.6 is 0 Å². The molecule has 0 bridgehead atoms. The van der Waals surface area contributed by atoms with Gasteiger partial charge in [0.1, 0.15) is 5.82 Å². The molecule has 0 aromatic heterocycles. The van der Waals surface area contributed by atoms with Crippen LogP contribution < -0.4 is 0 Å². The Hall–Kier alpha value is -2.41. The summed E-state index contributed by atoms with van der Waals surface area (Å²) >= 11 is 0. The van der Waals surface area contributed by atoms with E-state index in [1.54, 1.807) is 0 Å². The molecule has 3 aromatic rings. The highest BCUT2D eigenvalue weighted by Gasteiger charge is 2.26. The molecule has 0 saturated heterocycles. The zero-order chi connectivity index (χ0) is 20.9. The minimum absolute atomic E-state index is 0.0143. The molecule has 0 N–H and O–H groups in total. The normalized spacial score (nSPS) is 19.0. The molecule has 1 fully saturated rings. The minimum Gasteiger partial charge on any atom is -0.206 e. The molecule has 3 aromatic carbocycles. The summed E-state index contributed by atoms with van der Waals surface area (Å²) in [5, 5.41) is 0. The predicted octanol–water partition coefficient (Wildman–Crippen LogP) is 8.80. The third-order valence-corrected chi connectivity index (χ3v) is 6.89. The summed E-state index contributed by atoms with van der Waals surface area (Å²) in [6.45, 7) is 4.42. The van der Waals surface area contributed by atoms with Crippen LogP contribution in [0.3, 0.4) is 0 Å². The third kappa shape index (κ3) is 4.36. The van der Waals surface area contributed by atoms with Crippen molar-refractivity contribution in [3.8, 4) is 22.3 Å². The fourth-order valence-electron chi connectivity index (χ4n) is 5.13. The van der Waals surface area contributed by atoms with Gasteiger partial charge in [-0.1, -0.05) is 93.4 Å². The van der Waals surface area contributed by atoms with Gasteiger partial charge in [0, 0.05) is 5.56 Å². The average Bonchev–Trinajstić information content (AvgIpc) is 2.80. The minimum atomic E-state index is -0.0143. The van der Waals surface area contributed by atoms with Crippen LogP contribution in [0.4, 0.5) is 4.39 Å². The number of benzene rings is 3. The molecule has 4 rings (SSSR count). The highest BCUT2D eigenvalue weighted by Crippen LogP contribution is 2.43. The van der Waals surface area contributed by atoms with Crippen molar-refractivity contribution in [2.45, 2.75) is 64.7 Å². The van der Waals surface area contributed by atoms with E-state index in [-0.39, 0.29) is 5.82 Å². The molecule has 0 amide bonds. The first-order chi connectivity index (χ1) is 14.7. The maximum absolute atomic E-state index is 16.1. The van der Waals surface area contributed by atoms with E-state index in [1.807, 2.05) is 18.2 Å². The number of aryl methyl sites for hydroxylation is 1. The van der Waals surface area contributed by atoms with Crippen molar-refractivity contribution in [2.75, 3.05) is 0 Å². The highest BCUT2D eigenvalue weighted by atomic mass is 19.1. The molecule has 0 spiro atoms. The van der Waals surface area contributed by atoms with Gasteiger partial charge >= 0.3 is 0 Å². The van der Waals surface area contributed by atoms with E-state index >= 15 is 4.39 Å². The average molecular weight is 401 g/mol. The van der Waals surface area contributed by atoms with Crippen LogP contribution in [0.1, 0.15) is 69.4 Å². The molecular formula is C29H33F. The molecule has 0 nitrogen and oxygen atoms in total. The van der Waals surface area contributed by atoms with Crippen LogP contribution in [0.15, 0.2) is 66.7 Å². The first-order valence-electron chi connectivity index (χ1n) is 11.7. The molecule has 0 unspecified atom stereocenters. The summed E-state index contributed by atoms with van der Waals surface area (Å²) in [5.74, 6) is 1.16. The van der Waals surface area contributed by atoms with Gasteiger partial charge in [0.25, 0.3) is 0 Å². The van der Waals surface area contributed by atoms with Gasteiger partial charge in [-0.05, 0) is 71.8 Å². The molecule has 30 heavy (non-hydrogen) atoms. The lowest BCUT2D eigenvalue weighted by Gasteiger charge is -2.29. The van der Waals surface area contributed by atoms with E-state index in [4.69, 9.17) is 0 Å². The molecule has 1 aliphatic carbocycles. The molecule has 1 aliphatic rings. The second-order valence-corrected chi connectivity index (χ2v) is 8.81. The van der Waals surface area contributed by atoms with Crippen LogP contribution in [-0.2, 0) is 6.42 Å². The summed E-state index contributed by atoms with van der Waals surface area (Å²) in [6, 6.07) is 22.9. The van der Waals surface area contributed by atoms with Crippen LogP contribution in [0.2, 0.25) is 0 Å². The fraction of sp³-hybridized carbons (Fsp3) is 0.379. The monoisotopic (exact) mass is 400 g/mol. The lowest BCUT2D eigenvalue weighted by molar-refractivity contribution is 0.304. The molecule has 0 atom stereocenters. The Labute approximate surface area is 181 Å². The Kier molecular flexibility index (Phi) is 6.67. The van der Waals surface area contributed by atoms with Gasteiger partial charge in [0.05, 0.1) is 0 Å². The van der Waals surface area contributed by atoms with E-state index in [1.165, 1.54) is 31.2 Å². The van der Waals surface area contributed by atoms with E-state index in [9.17, 15) is 0 Å². The molecule has 1 saturated carbocycles. The van der Waals surface area contributed by atoms with Crippen LogP contribution in [-0.4, -0.2) is 0 Å². The lowest BCUT2D eigenvalue weighted by atomic mass is 9.76. The highest BCUT2D eigenvalue weighted by molar-refractivity contribution is 5.84. The molecular weight excluding hydrogens is 367 g/mol. The van der Waals surface area contributed by atoms with Gasteiger partial charge in [0.2, 0.25) is 0 Å². The van der Waals surface area contributed by atoms with Crippen molar-refractivity contribution in [2.24, 2.45) is 5.92 Å². The van der Waals surface area contributed by atoms with Crippen molar-refractivity contribution in [1.82, 2.24) is 0 Å². The lowest BCUT2D eigenvalue weighted by Crippen LogP contribution is -2.14. The van der Waals surface area contributed by atoms with Crippen molar-refractivity contribution >= 4 is 0 Å². The number of rotatable bonds is 6. The van der Waals surface area contributed by atoms with E-state index in [2.05, 4.69) is 62.4 Å². The fourth-order valence-corrected chi connectivity index (χ4v) is 5.13. The van der Waals surface area contributed by atoms with Crippen molar-refractivity contribution in [3.63, 3.8) is 0 Å². The quantitative estimate of drug-likeness (QED) is 0.388. The first kappa shape index (κ1) is 20.8. The summed E-state index contributed by atoms with van der Waals surface area (Å²) in [7, 11) is 0. The Morgan fingerprint density at radius 3 is 2.10 bits per heavy atom. The van der Waals surface area contributed by atoms with Crippen LogP contribution in [0.5, 0.6) is 0 Å². The zero-order valence-corrected chi connectivity index (χ0v) is 18.3. The SMILES string of the molecule is CCCC1CCC(c2ccc(-c3ccccc3)c(-c3ccc(CC)cc3)c2F)CC1. The van der Waals surface area contributed by atoms with E-state index in [0.29, 0.717) is 5.92 Å². The standard InChI is InChI=1S/C29H33F/c1-3-8-22-13-15-24(16-14-22)27-20-19-26(23-9-6-5-7-10-23)28(29(27)30)25-17-11-21(4-2)12-18-25/h5-7,9-12,17-20,22,24H,3-4,8,13-16H2,1-2H3. The first-order valence-corrected chi connectivity index (χ1v) is 11.7. The van der Waals surface area contributed by atoms with E-state index < -0.39 is 0 Å². The Bertz CT molecular complexity index is 948. The summed E-state index contributed by atoms with van der Waals surface area (Å²) in [4.78, 5) is 0. The summed E-state index contributed by atoms with van der Waals surface area (Å²) < 4.78 is 16.1. The number of hydrogen-bond donors (Lipinski definition) is 0. The third-order valence-electron chi connectivity index (χ3n) is 6.89. The smallest absolute Gasteiger partial charge is 0.135 e. The summed E-state index contributed by atoms with van der Waals surface area (Å²) in [6.07, 6.45) is 8.26. The van der Waals surface area contributed by atoms with Gasteiger partial charge in [-0.3, -0.25) is 0 Å². The van der Waals surface area contributed by atoms with Gasteiger partial charge in [-0.25, -0.2) is 4.39 Å². The largest absolute Gasteiger partial charge is 0.206 e. The second kappa shape index (κ2) is 9.60. The van der Waals surface area contributed by atoms with E-state index in [0.717, 1.165) is 53.0 Å². The second-order valence-electron chi connectivity index (χ2n) is 8.81. The van der Waals surface area contributed by atoms with Gasteiger partial charge in [0.15, 0.2) is 0 Å². The molecule has 0 radical (unpaired) electrons. The predicted molar refractivity (Wildman–Crippen MR) is 126 cm³/mol.